The molecule has 32 heavy (non-hydrogen) atoms. The topological polar surface area (TPSA) is 16.1 Å². The Labute approximate surface area is 195 Å². The molecule has 0 aliphatic rings. The maximum atomic E-state index is 5.14. The van der Waals surface area contributed by atoms with Crippen LogP contribution in [-0.2, 0) is 19.4 Å². The number of aryl methyl sites for hydroxylation is 4. The summed E-state index contributed by atoms with van der Waals surface area (Å²) in [7, 11) is 2.27. The molecule has 0 saturated heterocycles. The molecule has 0 fully saturated rings. The van der Waals surface area contributed by atoms with Crippen molar-refractivity contribution in [3.05, 3.63) is 88.1 Å². The van der Waals surface area contributed by atoms with Gasteiger partial charge >= 0.3 is 0 Å². The molecule has 1 aromatic heterocycles. The first-order valence-electron chi connectivity index (χ1n) is 12.3. The van der Waals surface area contributed by atoms with Crippen LogP contribution < -0.4 is 0 Å². The molecule has 0 spiro atoms. The van der Waals surface area contributed by atoms with Crippen LogP contribution in [-0.4, -0.2) is 16.9 Å². The minimum atomic E-state index is 0.433. The maximum absolute atomic E-state index is 5.14. The van der Waals surface area contributed by atoms with Gasteiger partial charge in [0, 0.05) is 23.8 Å². The highest BCUT2D eigenvalue weighted by Gasteiger charge is 2.20. The molecule has 3 rings (SSSR count). The summed E-state index contributed by atoms with van der Waals surface area (Å²) in [5.41, 5.74) is 10.5. The highest BCUT2D eigenvalue weighted by atomic mass is 15.1. The number of rotatable bonds is 10. The van der Waals surface area contributed by atoms with Crippen molar-refractivity contribution in [2.45, 2.75) is 79.3 Å². The molecular formula is C30H40N2. The van der Waals surface area contributed by atoms with E-state index in [1.807, 2.05) is 0 Å². The molecule has 170 valence electrons. The number of pyridine rings is 1. The number of unbranched alkanes of at least 4 members (excludes halogenated alkanes) is 1. The molecule has 0 radical (unpaired) electrons. The fraction of sp³-hybridized carbons (Fsp3) is 0.433. The molecule has 0 amide bonds. The van der Waals surface area contributed by atoms with Gasteiger partial charge < -0.3 is 0 Å². The van der Waals surface area contributed by atoms with Gasteiger partial charge in [0.2, 0.25) is 0 Å². The summed E-state index contributed by atoms with van der Waals surface area (Å²) in [6, 6.07) is 20.4. The monoisotopic (exact) mass is 428 g/mol. The second-order valence-electron chi connectivity index (χ2n) is 9.03. The number of hydrogen-bond donors (Lipinski definition) is 0. The lowest BCUT2D eigenvalue weighted by atomic mass is 9.93. The molecule has 0 aliphatic carbocycles. The van der Waals surface area contributed by atoms with Gasteiger partial charge in [0.05, 0.1) is 5.69 Å². The van der Waals surface area contributed by atoms with Crippen LogP contribution in [0.5, 0.6) is 0 Å². The van der Waals surface area contributed by atoms with Crippen LogP contribution in [0.1, 0.15) is 79.6 Å². The fourth-order valence-electron chi connectivity index (χ4n) is 4.87. The quantitative estimate of drug-likeness (QED) is 0.327. The van der Waals surface area contributed by atoms with E-state index in [1.165, 1.54) is 52.6 Å². The molecule has 0 saturated carbocycles. The number of hydrogen-bond acceptors (Lipinski definition) is 2. The van der Waals surface area contributed by atoms with Crippen LogP contribution >= 0.6 is 0 Å². The smallest absolute Gasteiger partial charge is 0.0713 e. The third kappa shape index (κ3) is 5.48. The standard InChI is InChI=1S/C30H40N2/c1-7-10-19-29(26-15-12-11-13-16-26)32(6)21-27-22(4)20-28(31-23(27)5)30-24(8-2)17-14-18-25(30)9-3/h11-18,20,29H,7-10,19,21H2,1-6H3. The van der Waals surface area contributed by atoms with Crippen molar-refractivity contribution in [2.24, 2.45) is 0 Å². The third-order valence-corrected chi connectivity index (χ3v) is 6.76. The number of nitrogens with zero attached hydrogens (tertiary/aromatic N) is 2. The average molecular weight is 429 g/mol. The molecule has 1 atom stereocenters. The summed E-state index contributed by atoms with van der Waals surface area (Å²) in [6.45, 7) is 12.1. The van der Waals surface area contributed by atoms with E-state index in [1.54, 1.807) is 0 Å². The summed E-state index contributed by atoms with van der Waals surface area (Å²) >= 11 is 0. The Bertz CT molecular complexity index is 961. The predicted octanol–water partition coefficient (Wildman–Crippen LogP) is 7.85. The van der Waals surface area contributed by atoms with Gasteiger partial charge in [-0.2, -0.15) is 0 Å². The molecule has 0 aliphatic heterocycles. The molecule has 3 aromatic rings. The number of aromatic nitrogens is 1. The summed E-state index contributed by atoms with van der Waals surface area (Å²) in [4.78, 5) is 7.66. The minimum absolute atomic E-state index is 0.433. The zero-order valence-electron chi connectivity index (χ0n) is 20.9. The largest absolute Gasteiger partial charge is 0.295 e. The van der Waals surface area contributed by atoms with Crippen molar-refractivity contribution in [1.29, 1.82) is 0 Å². The van der Waals surface area contributed by atoms with Gasteiger partial charge in [-0.25, -0.2) is 0 Å². The Morgan fingerprint density at radius 2 is 1.53 bits per heavy atom. The van der Waals surface area contributed by atoms with Crippen LogP contribution in [0.4, 0.5) is 0 Å². The second-order valence-corrected chi connectivity index (χ2v) is 9.03. The van der Waals surface area contributed by atoms with E-state index in [9.17, 15) is 0 Å². The Morgan fingerprint density at radius 3 is 2.09 bits per heavy atom. The van der Waals surface area contributed by atoms with Crippen LogP contribution in [0, 0.1) is 13.8 Å². The van der Waals surface area contributed by atoms with E-state index in [4.69, 9.17) is 4.98 Å². The predicted molar refractivity (Wildman–Crippen MR) is 138 cm³/mol. The zero-order valence-corrected chi connectivity index (χ0v) is 20.9. The molecule has 2 heteroatoms. The van der Waals surface area contributed by atoms with Crippen molar-refractivity contribution >= 4 is 0 Å². The van der Waals surface area contributed by atoms with Crippen LogP contribution in [0.15, 0.2) is 54.6 Å². The summed E-state index contributed by atoms with van der Waals surface area (Å²) in [5, 5.41) is 0. The Hall–Kier alpha value is -2.45. The van der Waals surface area contributed by atoms with Gasteiger partial charge in [-0.15, -0.1) is 0 Å². The summed E-state index contributed by atoms with van der Waals surface area (Å²) in [5.74, 6) is 0. The van der Waals surface area contributed by atoms with Crippen LogP contribution in [0.2, 0.25) is 0 Å². The minimum Gasteiger partial charge on any atom is -0.295 e. The first-order chi connectivity index (χ1) is 15.5. The molecule has 0 N–H and O–H groups in total. The molecular weight excluding hydrogens is 388 g/mol. The van der Waals surface area contributed by atoms with Gasteiger partial charge in [-0.1, -0.05) is 82.1 Å². The van der Waals surface area contributed by atoms with Gasteiger partial charge in [-0.05, 0) is 74.0 Å². The van der Waals surface area contributed by atoms with E-state index in [-0.39, 0.29) is 0 Å². The third-order valence-electron chi connectivity index (χ3n) is 6.76. The van der Waals surface area contributed by atoms with Gasteiger partial charge in [0.1, 0.15) is 0 Å². The highest BCUT2D eigenvalue weighted by Crippen LogP contribution is 2.32. The van der Waals surface area contributed by atoms with E-state index in [0.29, 0.717) is 6.04 Å². The molecule has 0 bridgehead atoms. The van der Waals surface area contributed by atoms with E-state index < -0.39 is 0 Å². The van der Waals surface area contributed by atoms with Crippen molar-refractivity contribution in [3.63, 3.8) is 0 Å². The lowest BCUT2D eigenvalue weighted by Crippen LogP contribution is -2.25. The van der Waals surface area contributed by atoms with Crippen molar-refractivity contribution < 1.29 is 0 Å². The van der Waals surface area contributed by atoms with E-state index in [0.717, 1.165) is 30.8 Å². The summed E-state index contributed by atoms with van der Waals surface area (Å²) in [6.07, 6.45) is 5.71. The van der Waals surface area contributed by atoms with E-state index >= 15 is 0 Å². The average Bonchev–Trinajstić information content (AvgIpc) is 2.81. The van der Waals surface area contributed by atoms with Crippen LogP contribution in [0.25, 0.3) is 11.3 Å². The van der Waals surface area contributed by atoms with Gasteiger partial charge in [-0.3, -0.25) is 9.88 Å². The van der Waals surface area contributed by atoms with Crippen molar-refractivity contribution in [3.8, 4) is 11.3 Å². The molecule has 2 aromatic carbocycles. The molecule has 1 heterocycles. The Morgan fingerprint density at radius 1 is 0.875 bits per heavy atom. The van der Waals surface area contributed by atoms with Crippen molar-refractivity contribution in [2.75, 3.05) is 7.05 Å². The molecule has 1 unspecified atom stereocenters. The molecule has 2 nitrogen and oxygen atoms in total. The second kappa shape index (κ2) is 11.4. The van der Waals surface area contributed by atoms with E-state index in [2.05, 4.69) is 101 Å². The highest BCUT2D eigenvalue weighted by molar-refractivity contribution is 5.69. The number of benzene rings is 2. The maximum Gasteiger partial charge on any atom is 0.0713 e. The normalized spacial score (nSPS) is 12.3. The Kier molecular flexibility index (Phi) is 8.64. The van der Waals surface area contributed by atoms with Gasteiger partial charge in [0.15, 0.2) is 0 Å². The van der Waals surface area contributed by atoms with Crippen LogP contribution in [0.3, 0.4) is 0 Å². The lowest BCUT2D eigenvalue weighted by Gasteiger charge is -2.30. The lowest BCUT2D eigenvalue weighted by molar-refractivity contribution is 0.220. The SMILES string of the molecule is CCCCC(c1ccccc1)N(C)Cc1c(C)cc(-c2c(CC)cccc2CC)nc1C. The first kappa shape index (κ1) is 24.2. The summed E-state index contributed by atoms with van der Waals surface area (Å²) < 4.78 is 0. The fourth-order valence-corrected chi connectivity index (χ4v) is 4.87. The zero-order chi connectivity index (χ0) is 23.1. The van der Waals surface area contributed by atoms with Crippen molar-refractivity contribution in [1.82, 2.24) is 9.88 Å². The Balaban J connectivity index is 1.93. The van der Waals surface area contributed by atoms with Gasteiger partial charge in [0.25, 0.3) is 0 Å². The first-order valence-corrected chi connectivity index (χ1v) is 12.3.